The third-order valence-corrected chi connectivity index (χ3v) is 3.62. The molecule has 0 atom stereocenters. The average Bonchev–Trinajstić information content (AvgIpc) is 2.52. The van der Waals surface area contributed by atoms with E-state index in [9.17, 15) is 0 Å². The molecule has 118 valence electrons. The summed E-state index contributed by atoms with van der Waals surface area (Å²) in [6, 6.07) is 5.85. The molecule has 1 aromatic heterocycles. The first kappa shape index (κ1) is 16.1. The van der Waals surface area contributed by atoms with Crippen molar-refractivity contribution in [3.63, 3.8) is 0 Å². The van der Waals surface area contributed by atoms with Gasteiger partial charge in [0.05, 0.1) is 21.3 Å². The summed E-state index contributed by atoms with van der Waals surface area (Å²) in [6.07, 6.45) is 3.47. The second kappa shape index (κ2) is 6.26. The van der Waals surface area contributed by atoms with Crippen molar-refractivity contribution >= 4 is 0 Å². The second-order valence-electron chi connectivity index (χ2n) is 6.08. The van der Waals surface area contributed by atoms with Gasteiger partial charge >= 0.3 is 0 Å². The lowest BCUT2D eigenvalue weighted by atomic mass is 9.85. The van der Waals surface area contributed by atoms with Crippen LogP contribution in [0, 0.1) is 0 Å². The standard InChI is InChI=1S/C18H23NO3/c1-18(2,3)14-10-16(21-5)12(9-17(14)22-6)13-11-19-8-7-15(13)20-4/h7-11H,1-6H3. The summed E-state index contributed by atoms with van der Waals surface area (Å²) in [5.41, 5.74) is 2.83. The largest absolute Gasteiger partial charge is 0.496 e. The molecule has 0 radical (unpaired) electrons. The van der Waals surface area contributed by atoms with Gasteiger partial charge in [-0.25, -0.2) is 0 Å². The van der Waals surface area contributed by atoms with Crippen molar-refractivity contribution in [2.45, 2.75) is 26.2 Å². The minimum atomic E-state index is -0.0455. The monoisotopic (exact) mass is 301 g/mol. The third kappa shape index (κ3) is 3.01. The molecule has 22 heavy (non-hydrogen) atoms. The Morgan fingerprint density at radius 1 is 0.818 bits per heavy atom. The van der Waals surface area contributed by atoms with Gasteiger partial charge in [0.25, 0.3) is 0 Å². The fourth-order valence-electron chi connectivity index (χ4n) is 2.46. The van der Waals surface area contributed by atoms with Gasteiger partial charge < -0.3 is 14.2 Å². The minimum absolute atomic E-state index is 0.0455. The Bertz CT molecular complexity index is 660. The van der Waals surface area contributed by atoms with E-state index in [1.807, 2.05) is 18.2 Å². The topological polar surface area (TPSA) is 40.6 Å². The number of ether oxygens (including phenoxy) is 3. The molecule has 0 N–H and O–H groups in total. The number of aromatic nitrogens is 1. The fourth-order valence-corrected chi connectivity index (χ4v) is 2.46. The number of hydrogen-bond acceptors (Lipinski definition) is 4. The smallest absolute Gasteiger partial charge is 0.129 e. The lowest BCUT2D eigenvalue weighted by Gasteiger charge is -2.24. The van der Waals surface area contributed by atoms with E-state index in [0.717, 1.165) is 33.9 Å². The number of nitrogens with zero attached hydrogens (tertiary/aromatic N) is 1. The quantitative estimate of drug-likeness (QED) is 0.853. The maximum absolute atomic E-state index is 5.60. The average molecular weight is 301 g/mol. The minimum Gasteiger partial charge on any atom is -0.496 e. The number of methoxy groups -OCH3 is 3. The summed E-state index contributed by atoms with van der Waals surface area (Å²) in [6.45, 7) is 6.44. The Morgan fingerprint density at radius 2 is 1.45 bits per heavy atom. The maximum atomic E-state index is 5.60. The van der Waals surface area contributed by atoms with Crippen molar-refractivity contribution in [3.05, 3.63) is 36.2 Å². The van der Waals surface area contributed by atoms with Crippen LogP contribution in [0.5, 0.6) is 17.2 Å². The molecule has 0 aliphatic heterocycles. The Morgan fingerprint density at radius 3 is 2.00 bits per heavy atom. The summed E-state index contributed by atoms with van der Waals surface area (Å²) < 4.78 is 16.6. The molecule has 2 aromatic rings. The van der Waals surface area contributed by atoms with Gasteiger partial charge in [0, 0.05) is 29.1 Å². The van der Waals surface area contributed by atoms with Crippen molar-refractivity contribution in [1.82, 2.24) is 4.98 Å². The summed E-state index contributed by atoms with van der Waals surface area (Å²) >= 11 is 0. The van der Waals surface area contributed by atoms with Crippen LogP contribution in [-0.4, -0.2) is 26.3 Å². The summed E-state index contributed by atoms with van der Waals surface area (Å²) in [5, 5.41) is 0. The molecule has 0 saturated carbocycles. The number of hydrogen-bond donors (Lipinski definition) is 0. The van der Waals surface area contributed by atoms with Crippen LogP contribution >= 0.6 is 0 Å². The molecule has 0 bridgehead atoms. The molecule has 1 aromatic carbocycles. The SMILES string of the molecule is COc1ccncc1-c1cc(OC)c(C(C)(C)C)cc1OC. The third-order valence-electron chi connectivity index (χ3n) is 3.62. The van der Waals surface area contributed by atoms with Crippen molar-refractivity contribution in [2.75, 3.05) is 21.3 Å². The Labute approximate surface area is 132 Å². The van der Waals surface area contributed by atoms with Crippen LogP contribution in [-0.2, 0) is 5.41 Å². The molecule has 2 rings (SSSR count). The number of pyridine rings is 1. The van der Waals surface area contributed by atoms with Crippen LogP contribution in [0.25, 0.3) is 11.1 Å². The first-order chi connectivity index (χ1) is 10.4. The van der Waals surface area contributed by atoms with Crippen LogP contribution in [0.1, 0.15) is 26.3 Å². The summed E-state index contributed by atoms with van der Waals surface area (Å²) in [4.78, 5) is 4.20. The van der Waals surface area contributed by atoms with Gasteiger partial charge in [-0.1, -0.05) is 20.8 Å². The van der Waals surface area contributed by atoms with Crippen molar-refractivity contribution in [1.29, 1.82) is 0 Å². The van der Waals surface area contributed by atoms with E-state index >= 15 is 0 Å². The van der Waals surface area contributed by atoms with Gasteiger partial charge in [0.2, 0.25) is 0 Å². The predicted molar refractivity (Wildman–Crippen MR) is 88.0 cm³/mol. The highest BCUT2D eigenvalue weighted by atomic mass is 16.5. The molecule has 0 unspecified atom stereocenters. The van der Waals surface area contributed by atoms with Crippen molar-refractivity contribution in [2.24, 2.45) is 0 Å². The highest BCUT2D eigenvalue weighted by molar-refractivity contribution is 5.77. The second-order valence-corrected chi connectivity index (χ2v) is 6.08. The molecule has 0 aliphatic carbocycles. The number of benzene rings is 1. The molecule has 0 amide bonds. The molecule has 4 nitrogen and oxygen atoms in total. The van der Waals surface area contributed by atoms with E-state index in [4.69, 9.17) is 14.2 Å². The van der Waals surface area contributed by atoms with Crippen molar-refractivity contribution < 1.29 is 14.2 Å². The van der Waals surface area contributed by atoms with Crippen LogP contribution < -0.4 is 14.2 Å². The molecule has 1 heterocycles. The molecule has 0 spiro atoms. The van der Waals surface area contributed by atoms with Gasteiger partial charge in [-0.05, 0) is 23.6 Å². The van der Waals surface area contributed by atoms with Crippen LogP contribution in [0.15, 0.2) is 30.6 Å². The summed E-state index contributed by atoms with van der Waals surface area (Å²) in [5.74, 6) is 2.35. The first-order valence-corrected chi connectivity index (χ1v) is 7.17. The Balaban J connectivity index is 2.71. The Hall–Kier alpha value is -2.23. The lowest BCUT2D eigenvalue weighted by Crippen LogP contribution is -2.13. The highest BCUT2D eigenvalue weighted by Crippen LogP contribution is 2.43. The molecular weight excluding hydrogens is 278 g/mol. The highest BCUT2D eigenvalue weighted by Gasteiger charge is 2.23. The molecular formula is C18H23NO3. The van der Waals surface area contributed by atoms with Crippen molar-refractivity contribution in [3.8, 4) is 28.4 Å². The van der Waals surface area contributed by atoms with E-state index in [-0.39, 0.29) is 5.41 Å². The molecule has 4 heteroatoms. The number of rotatable bonds is 4. The fraction of sp³-hybridized carbons (Fsp3) is 0.389. The van der Waals surface area contributed by atoms with Gasteiger partial charge in [0.15, 0.2) is 0 Å². The summed E-state index contributed by atoms with van der Waals surface area (Å²) in [7, 11) is 4.99. The van der Waals surface area contributed by atoms with Crippen LogP contribution in [0.4, 0.5) is 0 Å². The van der Waals surface area contributed by atoms with E-state index in [2.05, 4.69) is 25.8 Å². The van der Waals surface area contributed by atoms with E-state index in [1.54, 1.807) is 33.7 Å². The Kier molecular flexibility index (Phi) is 4.59. The van der Waals surface area contributed by atoms with E-state index < -0.39 is 0 Å². The zero-order valence-electron chi connectivity index (χ0n) is 14.1. The zero-order valence-corrected chi connectivity index (χ0v) is 14.1. The molecule has 0 fully saturated rings. The van der Waals surface area contributed by atoms with E-state index in [1.165, 1.54) is 0 Å². The van der Waals surface area contributed by atoms with Gasteiger partial charge in [-0.3, -0.25) is 4.98 Å². The van der Waals surface area contributed by atoms with Crippen LogP contribution in [0.3, 0.4) is 0 Å². The van der Waals surface area contributed by atoms with Gasteiger partial charge in [-0.15, -0.1) is 0 Å². The normalized spacial score (nSPS) is 11.2. The zero-order chi connectivity index (χ0) is 16.3. The van der Waals surface area contributed by atoms with E-state index in [0.29, 0.717) is 0 Å². The first-order valence-electron chi connectivity index (χ1n) is 7.17. The van der Waals surface area contributed by atoms with Crippen LogP contribution in [0.2, 0.25) is 0 Å². The van der Waals surface area contributed by atoms with Gasteiger partial charge in [0.1, 0.15) is 17.2 Å². The molecule has 0 saturated heterocycles. The predicted octanol–water partition coefficient (Wildman–Crippen LogP) is 4.07. The van der Waals surface area contributed by atoms with Gasteiger partial charge in [-0.2, -0.15) is 0 Å². The molecule has 0 aliphatic rings. The lowest BCUT2D eigenvalue weighted by molar-refractivity contribution is 0.388. The maximum Gasteiger partial charge on any atom is 0.129 e.